The van der Waals surface area contributed by atoms with E-state index >= 15 is 0 Å². The first-order valence-corrected chi connectivity index (χ1v) is 18.5. The van der Waals surface area contributed by atoms with E-state index in [1.54, 1.807) is 0 Å². The van der Waals surface area contributed by atoms with Crippen LogP contribution in [0.5, 0.6) is 0 Å². The van der Waals surface area contributed by atoms with Crippen molar-refractivity contribution >= 4 is 95.1 Å². The van der Waals surface area contributed by atoms with Crippen LogP contribution in [0.2, 0.25) is 0 Å². The third kappa shape index (κ3) is 3.83. The lowest BCUT2D eigenvalue weighted by atomic mass is 9.33. The summed E-state index contributed by atoms with van der Waals surface area (Å²) in [5.74, 6) is 0. The van der Waals surface area contributed by atoms with E-state index in [1.807, 2.05) is 0 Å². The molecular formula is C47H39BN2O2. The number of aromatic nitrogens is 1. The van der Waals surface area contributed by atoms with Gasteiger partial charge in [-0.1, -0.05) is 114 Å². The maximum absolute atomic E-state index is 6.95. The molecule has 252 valence electrons. The molecule has 0 radical (unpaired) electrons. The van der Waals surface area contributed by atoms with E-state index in [2.05, 4.69) is 167 Å². The first kappa shape index (κ1) is 30.0. The fourth-order valence-electron chi connectivity index (χ4n) is 9.19. The summed E-state index contributed by atoms with van der Waals surface area (Å²) < 4.78 is 16.1. The number of benzene rings is 6. The summed E-state index contributed by atoms with van der Waals surface area (Å²) in [7, 11) is 0. The summed E-state index contributed by atoms with van der Waals surface area (Å²) in [6, 6.07) is 40.6. The number of rotatable bonds is 1. The molecule has 0 spiro atoms. The molecule has 0 unspecified atom stereocenters. The fourth-order valence-corrected chi connectivity index (χ4v) is 9.19. The van der Waals surface area contributed by atoms with Crippen LogP contribution < -0.4 is 21.3 Å². The molecule has 52 heavy (non-hydrogen) atoms. The Bertz CT molecular complexity index is 3010. The van der Waals surface area contributed by atoms with Gasteiger partial charge in [0.1, 0.15) is 11.2 Å². The van der Waals surface area contributed by atoms with Crippen LogP contribution in [0.3, 0.4) is 0 Å². The van der Waals surface area contributed by atoms with Gasteiger partial charge in [-0.05, 0) is 87.2 Å². The van der Waals surface area contributed by atoms with Crippen molar-refractivity contribution in [3.63, 3.8) is 0 Å². The number of furan rings is 2. The van der Waals surface area contributed by atoms with Gasteiger partial charge in [-0.15, -0.1) is 0 Å². The predicted molar refractivity (Wildman–Crippen MR) is 219 cm³/mol. The molecule has 6 aromatic carbocycles. The topological polar surface area (TPSA) is 34.5 Å². The number of anilines is 3. The van der Waals surface area contributed by atoms with Gasteiger partial charge in [0.05, 0.1) is 16.6 Å². The minimum Gasteiger partial charge on any atom is -0.454 e. The van der Waals surface area contributed by atoms with Crippen molar-refractivity contribution in [2.45, 2.75) is 59.3 Å². The van der Waals surface area contributed by atoms with E-state index in [0.717, 1.165) is 44.3 Å². The maximum atomic E-state index is 6.95. The molecule has 0 aliphatic carbocycles. The maximum Gasteiger partial charge on any atom is 0.252 e. The molecule has 3 aromatic heterocycles. The Morgan fingerprint density at radius 3 is 2.08 bits per heavy atom. The predicted octanol–water partition coefficient (Wildman–Crippen LogP) is 10.9. The van der Waals surface area contributed by atoms with Crippen LogP contribution in [0.15, 0.2) is 118 Å². The van der Waals surface area contributed by atoms with Gasteiger partial charge in [0.2, 0.25) is 5.71 Å². The highest BCUT2D eigenvalue weighted by Crippen LogP contribution is 2.47. The molecule has 5 heteroatoms. The zero-order valence-electron chi connectivity index (χ0n) is 30.7. The van der Waals surface area contributed by atoms with E-state index in [0.29, 0.717) is 0 Å². The van der Waals surface area contributed by atoms with Crippen molar-refractivity contribution < 1.29 is 8.83 Å². The summed E-state index contributed by atoms with van der Waals surface area (Å²) in [6.07, 6.45) is 0. The highest BCUT2D eigenvalue weighted by atomic mass is 16.3. The summed E-state index contributed by atoms with van der Waals surface area (Å²) in [6.45, 7) is 16.0. The van der Waals surface area contributed by atoms with E-state index in [-0.39, 0.29) is 17.5 Å². The van der Waals surface area contributed by atoms with Crippen molar-refractivity contribution in [1.82, 2.24) is 4.57 Å². The molecule has 2 aliphatic heterocycles. The molecule has 0 amide bonds. The van der Waals surface area contributed by atoms with Gasteiger partial charge in [-0.3, -0.25) is 4.57 Å². The fraction of sp³-hybridized carbons (Fsp3) is 0.191. The Labute approximate surface area is 303 Å². The third-order valence-corrected chi connectivity index (χ3v) is 11.7. The van der Waals surface area contributed by atoms with Gasteiger partial charge in [0.25, 0.3) is 6.71 Å². The summed E-state index contributed by atoms with van der Waals surface area (Å²) in [4.78, 5) is 2.49. The van der Waals surface area contributed by atoms with Crippen LogP contribution in [0.25, 0.3) is 60.6 Å². The zero-order chi connectivity index (χ0) is 35.4. The number of nitrogens with zero attached hydrogens (tertiary/aromatic N) is 2. The first-order chi connectivity index (χ1) is 25.0. The minimum absolute atomic E-state index is 0.0201. The van der Waals surface area contributed by atoms with Gasteiger partial charge >= 0.3 is 0 Å². The molecule has 11 rings (SSSR count). The van der Waals surface area contributed by atoms with Crippen LogP contribution in [-0.4, -0.2) is 11.3 Å². The Morgan fingerprint density at radius 2 is 1.25 bits per heavy atom. The van der Waals surface area contributed by atoms with Crippen LogP contribution in [-0.2, 0) is 10.8 Å². The van der Waals surface area contributed by atoms with Crippen LogP contribution in [0.4, 0.5) is 17.1 Å². The molecule has 0 atom stereocenters. The van der Waals surface area contributed by atoms with Gasteiger partial charge in [0, 0.05) is 38.6 Å². The average molecular weight is 675 g/mol. The SMILES string of the molecule is Cc1cc2c3c(c1)-n1c4oc5ccccc5c4c4cccc(c41)B3c1ccc(C(C)(C)C)cc1N2c1cccc2c1oc1cc(C(C)(C)C)ccc12. The Balaban J connectivity index is 1.27. The van der Waals surface area contributed by atoms with Crippen molar-refractivity contribution in [3.05, 3.63) is 126 Å². The van der Waals surface area contributed by atoms with Crippen LogP contribution >= 0.6 is 0 Å². The van der Waals surface area contributed by atoms with Gasteiger partial charge < -0.3 is 13.7 Å². The Kier molecular flexibility index (Phi) is 5.65. The molecule has 4 nitrogen and oxygen atoms in total. The zero-order valence-corrected chi connectivity index (χ0v) is 30.7. The number of hydrogen-bond acceptors (Lipinski definition) is 3. The van der Waals surface area contributed by atoms with Crippen LogP contribution in [0.1, 0.15) is 58.2 Å². The molecule has 9 aromatic rings. The van der Waals surface area contributed by atoms with E-state index in [9.17, 15) is 0 Å². The van der Waals surface area contributed by atoms with E-state index in [1.165, 1.54) is 66.4 Å². The second-order valence-electron chi connectivity index (χ2n) is 17.1. The standard InChI is InChI=1S/C47H39BN2O2/c1-26-22-37-42-38(23-26)50-43-32(41-31-12-8-9-17-39(31)52-45(41)50)14-10-15-34(43)48(42)33-21-19-27(46(2,3)4)24-36(33)49(37)35-16-11-13-30-29-20-18-28(47(5,6)7)25-40(29)51-44(30)35/h8-25H,1-7H3. The monoisotopic (exact) mass is 674 g/mol. The molecular weight excluding hydrogens is 635 g/mol. The quantitative estimate of drug-likeness (QED) is 0.163. The largest absolute Gasteiger partial charge is 0.454 e. The second kappa shape index (κ2) is 9.80. The molecule has 0 saturated heterocycles. The number of hydrogen-bond donors (Lipinski definition) is 0. The number of para-hydroxylation sites is 3. The van der Waals surface area contributed by atoms with E-state index < -0.39 is 0 Å². The lowest BCUT2D eigenvalue weighted by molar-refractivity contribution is 0.587. The van der Waals surface area contributed by atoms with Crippen molar-refractivity contribution in [2.75, 3.05) is 4.90 Å². The molecule has 0 fully saturated rings. The Morgan fingerprint density at radius 1 is 0.538 bits per heavy atom. The highest BCUT2D eigenvalue weighted by Gasteiger charge is 2.43. The third-order valence-electron chi connectivity index (χ3n) is 11.7. The van der Waals surface area contributed by atoms with Gasteiger partial charge in [-0.2, -0.15) is 0 Å². The normalized spacial score (nSPS) is 14.0. The smallest absolute Gasteiger partial charge is 0.252 e. The average Bonchev–Trinajstić information content (AvgIpc) is 3.78. The van der Waals surface area contributed by atoms with Crippen molar-refractivity contribution in [1.29, 1.82) is 0 Å². The number of aryl methyl sites for hydroxylation is 1. The molecule has 0 bridgehead atoms. The molecule has 0 N–H and O–H groups in total. The van der Waals surface area contributed by atoms with E-state index in [4.69, 9.17) is 8.83 Å². The second-order valence-corrected chi connectivity index (χ2v) is 17.1. The molecule has 0 saturated carbocycles. The lowest BCUT2D eigenvalue weighted by Crippen LogP contribution is -2.60. The van der Waals surface area contributed by atoms with Gasteiger partial charge in [-0.25, -0.2) is 0 Å². The Hall–Kier alpha value is -5.68. The van der Waals surface area contributed by atoms with Gasteiger partial charge in [0.15, 0.2) is 5.58 Å². The summed E-state index contributed by atoms with van der Waals surface area (Å²) >= 11 is 0. The number of fused-ring (bicyclic) bond motifs is 12. The summed E-state index contributed by atoms with van der Waals surface area (Å²) in [5.41, 5.74) is 17.2. The van der Waals surface area contributed by atoms with Crippen molar-refractivity contribution in [3.8, 4) is 5.69 Å². The minimum atomic E-state index is -0.0275. The molecule has 2 aliphatic rings. The van der Waals surface area contributed by atoms with Crippen molar-refractivity contribution in [2.24, 2.45) is 0 Å². The lowest BCUT2D eigenvalue weighted by Gasteiger charge is -2.41. The first-order valence-electron chi connectivity index (χ1n) is 18.5. The van der Waals surface area contributed by atoms with Crippen LogP contribution in [0, 0.1) is 6.92 Å². The summed E-state index contributed by atoms with van der Waals surface area (Å²) in [5, 5.41) is 5.85. The molecule has 5 heterocycles. The highest BCUT2D eigenvalue weighted by molar-refractivity contribution is 7.00.